The van der Waals surface area contributed by atoms with Crippen molar-refractivity contribution in [2.75, 3.05) is 36.0 Å². The first kappa shape index (κ1) is 20.4. The van der Waals surface area contributed by atoms with Crippen molar-refractivity contribution in [2.45, 2.75) is 0 Å². The number of nitrogens with zero attached hydrogens (tertiary/aromatic N) is 7. The summed E-state index contributed by atoms with van der Waals surface area (Å²) in [5.41, 5.74) is 0.794. The van der Waals surface area contributed by atoms with E-state index in [1.54, 1.807) is 24.5 Å². The fraction of sp³-hybridized carbons (Fsp3) is 0.389. The van der Waals surface area contributed by atoms with E-state index < -0.39 is 0 Å². The van der Waals surface area contributed by atoms with Crippen LogP contribution in [0.3, 0.4) is 0 Å². The molecule has 12 heteroatoms. The normalized spacial score (nSPS) is 20.0. The van der Waals surface area contributed by atoms with E-state index in [1.165, 1.54) is 16.9 Å². The minimum absolute atomic E-state index is 0.249. The van der Waals surface area contributed by atoms with Crippen LogP contribution < -0.4 is 9.80 Å². The second-order valence-electron chi connectivity index (χ2n) is 7.12. The van der Waals surface area contributed by atoms with E-state index in [2.05, 4.69) is 30.2 Å². The zero-order valence-corrected chi connectivity index (χ0v) is 17.5. The average Bonchev–Trinajstić information content (AvgIpc) is 3.46. The van der Waals surface area contributed by atoms with E-state index in [0.29, 0.717) is 22.7 Å². The number of anilines is 2. The highest BCUT2D eigenvalue weighted by Gasteiger charge is 2.41. The standard InChI is InChI=1S/C17H17ClFN7S.CO2/c1-24-22-16(21-23-24)15-5-20-17(27-15)26-8-10-6-25(7-11(10)9-26)14-4-12(19)2-3-13(14)18;2-1-3/h2-5,10-11H,6-9H2,1H3;. The van der Waals surface area contributed by atoms with Gasteiger partial charge in [-0.15, -0.1) is 10.2 Å². The van der Waals surface area contributed by atoms with Crippen LogP contribution in [0.25, 0.3) is 10.7 Å². The molecule has 0 amide bonds. The summed E-state index contributed by atoms with van der Waals surface area (Å²) in [6.07, 6.45) is 2.06. The third-order valence-electron chi connectivity index (χ3n) is 5.23. The zero-order chi connectivity index (χ0) is 21.3. The number of thiazole rings is 1. The van der Waals surface area contributed by atoms with Crippen molar-refractivity contribution < 1.29 is 14.0 Å². The number of halogens is 2. The molecule has 156 valence electrons. The molecule has 2 aliphatic heterocycles. The topological polar surface area (TPSA) is 97.1 Å². The van der Waals surface area contributed by atoms with Crippen molar-refractivity contribution in [2.24, 2.45) is 18.9 Å². The average molecular weight is 450 g/mol. The number of hydrogen-bond donors (Lipinski definition) is 0. The molecule has 9 nitrogen and oxygen atoms in total. The minimum Gasteiger partial charge on any atom is -0.370 e. The Labute approximate surface area is 180 Å². The fourth-order valence-corrected chi connectivity index (χ4v) is 5.07. The van der Waals surface area contributed by atoms with Gasteiger partial charge in [-0.05, 0) is 23.4 Å². The smallest absolute Gasteiger partial charge is 0.370 e. The molecule has 2 fully saturated rings. The van der Waals surface area contributed by atoms with Crippen LogP contribution in [0.15, 0.2) is 24.4 Å². The van der Waals surface area contributed by atoms with Gasteiger partial charge in [0.1, 0.15) is 5.82 Å². The second kappa shape index (κ2) is 8.47. The van der Waals surface area contributed by atoms with Gasteiger partial charge in [0.15, 0.2) is 5.13 Å². The SMILES string of the molecule is Cn1nnc(-c2cnc(N3CC4CN(c5cc(F)ccc5Cl)CC4C3)s2)n1.O=C=O. The van der Waals surface area contributed by atoms with Crippen LogP contribution in [0.5, 0.6) is 0 Å². The largest absolute Gasteiger partial charge is 0.373 e. The Bertz CT molecular complexity index is 1070. The van der Waals surface area contributed by atoms with Crippen LogP contribution >= 0.6 is 22.9 Å². The first-order valence-corrected chi connectivity index (χ1v) is 10.3. The molecule has 30 heavy (non-hydrogen) atoms. The molecule has 0 aliphatic carbocycles. The van der Waals surface area contributed by atoms with Crippen LogP contribution in [0, 0.1) is 17.7 Å². The van der Waals surface area contributed by atoms with Crippen LogP contribution in [-0.2, 0) is 16.6 Å². The van der Waals surface area contributed by atoms with Crippen molar-refractivity contribution in [1.29, 1.82) is 0 Å². The number of fused-ring (bicyclic) bond motifs is 1. The van der Waals surface area contributed by atoms with Crippen molar-refractivity contribution in [3.63, 3.8) is 0 Å². The monoisotopic (exact) mass is 449 g/mol. The van der Waals surface area contributed by atoms with Gasteiger partial charge in [0.2, 0.25) is 5.82 Å². The van der Waals surface area contributed by atoms with Gasteiger partial charge in [0.05, 0.1) is 28.8 Å². The molecule has 4 heterocycles. The molecule has 0 N–H and O–H groups in total. The van der Waals surface area contributed by atoms with Gasteiger partial charge in [-0.3, -0.25) is 0 Å². The molecular weight excluding hydrogens is 433 g/mol. The summed E-state index contributed by atoms with van der Waals surface area (Å²) in [6.45, 7) is 3.65. The lowest BCUT2D eigenvalue weighted by Crippen LogP contribution is -2.28. The van der Waals surface area contributed by atoms with E-state index in [4.69, 9.17) is 21.2 Å². The predicted octanol–water partition coefficient (Wildman–Crippen LogP) is 2.12. The van der Waals surface area contributed by atoms with Gasteiger partial charge >= 0.3 is 6.15 Å². The van der Waals surface area contributed by atoms with Gasteiger partial charge < -0.3 is 9.80 Å². The van der Waals surface area contributed by atoms with E-state index in [-0.39, 0.29) is 12.0 Å². The maximum absolute atomic E-state index is 13.6. The number of rotatable bonds is 3. The summed E-state index contributed by atoms with van der Waals surface area (Å²) in [4.78, 5) is 27.7. The number of hydrogen-bond acceptors (Lipinski definition) is 9. The Morgan fingerprint density at radius 3 is 2.47 bits per heavy atom. The second-order valence-corrected chi connectivity index (χ2v) is 8.54. The van der Waals surface area contributed by atoms with Crippen molar-refractivity contribution >= 4 is 39.9 Å². The van der Waals surface area contributed by atoms with E-state index >= 15 is 0 Å². The molecule has 2 saturated heterocycles. The molecule has 0 bridgehead atoms. The number of aryl methyl sites for hydroxylation is 1. The lowest BCUT2D eigenvalue weighted by molar-refractivity contribution is -0.191. The Hall–Kier alpha value is -2.88. The van der Waals surface area contributed by atoms with Crippen molar-refractivity contribution in [1.82, 2.24) is 25.2 Å². The van der Waals surface area contributed by atoms with Crippen LogP contribution in [0.1, 0.15) is 0 Å². The predicted molar refractivity (Wildman–Crippen MR) is 108 cm³/mol. The van der Waals surface area contributed by atoms with Crippen molar-refractivity contribution in [3.8, 4) is 10.7 Å². The number of carbonyl (C=O) groups excluding carboxylic acids is 2. The maximum atomic E-state index is 13.6. The van der Waals surface area contributed by atoms with E-state index in [0.717, 1.165) is 41.9 Å². The highest BCUT2D eigenvalue weighted by molar-refractivity contribution is 7.18. The lowest BCUT2D eigenvalue weighted by atomic mass is 10.0. The third-order valence-corrected chi connectivity index (χ3v) is 6.60. The number of benzene rings is 1. The summed E-state index contributed by atoms with van der Waals surface area (Å²) in [5.74, 6) is 1.39. The van der Waals surface area contributed by atoms with Gasteiger partial charge in [0.25, 0.3) is 0 Å². The first-order chi connectivity index (χ1) is 14.5. The summed E-state index contributed by atoms with van der Waals surface area (Å²) < 4.78 is 13.6. The summed E-state index contributed by atoms with van der Waals surface area (Å²) in [7, 11) is 1.75. The highest BCUT2D eigenvalue weighted by atomic mass is 35.5. The molecule has 2 unspecified atom stereocenters. The Morgan fingerprint density at radius 2 is 1.83 bits per heavy atom. The Morgan fingerprint density at radius 1 is 1.17 bits per heavy atom. The Kier molecular flexibility index (Phi) is 5.76. The summed E-state index contributed by atoms with van der Waals surface area (Å²) in [5, 5.41) is 13.7. The third kappa shape index (κ3) is 4.04. The van der Waals surface area contributed by atoms with Crippen LogP contribution in [0.4, 0.5) is 15.2 Å². The summed E-state index contributed by atoms with van der Waals surface area (Å²) >= 11 is 7.86. The van der Waals surface area contributed by atoms with Gasteiger partial charge in [-0.25, -0.2) is 9.37 Å². The highest BCUT2D eigenvalue weighted by Crippen LogP contribution is 2.40. The maximum Gasteiger partial charge on any atom is 0.373 e. The molecule has 0 radical (unpaired) electrons. The quantitative estimate of drug-likeness (QED) is 0.599. The summed E-state index contributed by atoms with van der Waals surface area (Å²) in [6, 6.07) is 4.56. The molecular formula is C18H17ClFN7O2S. The Balaban J connectivity index is 0.000000687. The first-order valence-electron chi connectivity index (χ1n) is 9.13. The zero-order valence-electron chi connectivity index (χ0n) is 15.9. The molecule has 2 aromatic heterocycles. The lowest BCUT2D eigenvalue weighted by Gasteiger charge is -2.23. The molecule has 2 atom stereocenters. The van der Waals surface area contributed by atoms with Crippen LogP contribution in [-0.4, -0.2) is 57.5 Å². The van der Waals surface area contributed by atoms with E-state index in [1.807, 2.05) is 6.20 Å². The fourth-order valence-electron chi connectivity index (χ4n) is 3.97. The number of aromatic nitrogens is 5. The van der Waals surface area contributed by atoms with Crippen LogP contribution in [0.2, 0.25) is 5.02 Å². The minimum atomic E-state index is -0.249. The molecule has 0 spiro atoms. The van der Waals surface area contributed by atoms with Gasteiger partial charge in [0, 0.05) is 38.0 Å². The van der Waals surface area contributed by atoms with Gasteiger partial charge in [-0.1, -0.05) is 22.9 Å². The molecule has 2 aliphatic rings. The van der Waals surface area contributed by atoms with Gasteiger partial charge in [-0.2, -0.15) is 14.4 Å². The molecule has 0 saturated carbocycles. The molecule has 5 rings (SSSR count). The van der Waals surface area contributed by atoms with Crippen molar-refractivity contribution in [3.05, 3.63) is 35.2 Å². The van der Waals surface area contributed by atoms with E-state index in [9.17, 15) is 4.39 Å². The molecule has 1 aromatic carbocycles. The molecule has 3 aromatic rings. The number of tetrazole rings is 1.